The van der Waals surface area contributed by atoms with Gasteiger partial charge in [-0.25, -0.2) is 8.42 Å². The molecule has 2 unspecified atom stereocenters. The number of hydrogen-bond donors (Lipinski definition) is 0. The summed E-state index contributed by atoms with van der Waals surface area (Å²) < 4.78 is 33.2. The minimum atomic E-state index is -3.90. The molecular formula is C22H28N2O4S. The van der Waals surface area contributed by atoms with Gasteiger partial charge in [-0.2, -0.15) is 0 Å². The van der Waals surface area contributed by atoms with Crippen molar-refractivity contribution in [3.63, 3.8) is 0 Å². The van der Waals surface area contributed by atoms with Crippen molar-refractivity contribution in [3.8, 4) is 5.75 Å². The Balaban J connectivity index is 1.97. The smallest absolute Gasteiger partial charge is 0.264 e. The van der Waals surface area contributed by atoms with Crippen LogP contribution in [0.4, 0.5) is 5.69 Å². The van der Waals surface area contributed by atoms with E-state index in [0.29, 0.717) is 11.4 Å². The van der Waals surface area contributed by atoms with Gasteiger partial charge >= 0.3 is 0 Å². The zero-order chi connectivity index (χ0) is 21.0. The Morgan fingerprint density at radius 3 is 2.17 bits per heavy atom. The number of rotatable bonds is 6. The van der Waals surface area contributed by atoms with Crippen molar-refractivity contribution in [1.82, 2.24) is 4.90 Å². The molecule has 0 N–H and O–H groups in total. The number of sulfonamides is 1. The van der Waals surface area contributed by atoms with Gasteiger partial charge in [0.05, 0.1) is 17.7 Å². The number of nitrogens with zero attached hydrogens (tertiary/aromatic N) is 2. The van der Waals surface area contributed by atoms with E-state index in [0.717, 1.165) is 19.3 Å². The highest BCUT2D eigenvalue weighted by Crippen LogP contribution is 2.28. The van der Waals surface area contributed by atoms with Crippen molar-refractivity contribution in [2.24, 2.45) is 0 Å². The molecule has 1 amide bonds. The van der Waals surface area contributed by atoms with Crippen LogP contribution in [0.5, 0.6) is 5.75 Å². The van der Waals surface area contributed by atoms with Crippen LogP contribution in [-0.4, -0.2) is 45.0 Å². The van der Waals surface area contributed by atoms with Crippen molar-refractivity contribution >= 4 is 21.6 Å². The number of carbonyl (C=O) groups excluding carboxylic acids is 1. The highest BCUT2D eigenvalue weighted by atomic mass is 32.2. The van der Waals surface area contributed by atoms with Gasteiger partial charge in [0.25, 0.3) is 10.0 Å². The first kappa shape index (κ1) is 21.2. The number of amides is 1. The molecule has 0 spiro atoms. The molecule has 2 aromatic rings. The fourth-order valence-corrected chi connectivity index (χ4v) is 5.34. The van der Waals surface area contributed by atoms with Gasteiger partial charge in [-0.3, -0.25) is 9.10 Å². The second-order valence-electron chi connectivity index (χ2n) is 7.45. The number of benzene rings is 2. The number of carbonyl (C=O) groups is 1. The van der Waals surface area contributed by atoms with Crippen LogP contribution in [0.3, 0.4) is 0 Å². The predicted molar refractivity (Wildman–Crippen MR) is 114 cm³/mol. The molecule has 0 bridgehead atoms. The summed E-state index contributed by atoms with van der Waals surface area (Å²) in [6.07, 6.45) is 2.95. The summed E-state index contributed by atoms with van der Waals surface area (Å²) in [6, 6.07) is 15.1. The summed E-state index contributed by atoms with van der Waals surface area (Å²) in [4.78, 5) is 15.2. The zero-order valence-electron chi connectivity index (χ0n) is 17.1. The van der Waals surface area contributed by atoms with Gasteiger partial charge in [-0.1, -0.05) is 18.2 Å². The summed E-state index contributed by atoms with van der Waals surface area (Å²) in [5.74, 6) is 0.440. The lowest BCUT2D eigenvalue weighted by Crippen LogP contribution is -2.52. The quantitative estimate of drug-likeness (QED) is 0.720. The Bertz CT molecular complexity index is 919. The van der Waals surface area contributed by atoms with Crippen LogP contribution in [0.15, 0.2) is 59.5 Å². The minimum absolute atomic E-state index is 0.100. The van der Waals surface area contributed by atoms with Gasteiger partial charge in [-0.05, 0) is 69.5 Å². The van der Waals surface area contributed by atoms with E-state index in [1.54, 1.807) is 61.7 Å². The molecule has 2 aromatic carbocycles. The van der Waals surface area contributed by atoms with Crippen molar-refractivity contribution in [1.29, 1.82) is 0 Å². The molecule has 1 aliphatic heterocycles. The number of anilines is 1. The van der Waals surface area contributed by atoms with E-state index in [9.17, 15) is 13.2 Å². The molecule has 2 atom stereocenters. The predicted octanol–water partition coefficient (Wildman–Crippen LogP) is 3.68. The van der Waals surface area contributed by atoms with E-state index in [-0.39, 0.29) is 29.4 Å². The van der Waals surface area contributed by atoms with E-state index in [1.165, 1.54) is 4.31 Å². The maximum atomic E-state index is 13.4. The third-order valence-corrected chi connectivity index (χ3v) is 7.24. The molecule has 29 heavy (non-hydrogen) atoms. The number of likely N-dealkylation sites (tertiary alicyclic amines) is 1. The maximum absolute atomic E-state index is 13.4. The molecule has 3 rings (SSSR count). The van der Waals surface area contributed by atoms with Gasteiger partial charge < -0.3 is 9.64 Å². The Labute approximate surface area is 173 Å². The van der Waals surface area contributed by atoms with Crippen LogP contribution in [0.25, 0.3) is 0 Å². The summed E-state index contributed by atoms with van der Waals surface area (Å²) in [7, 11) is -2.35. The van der Waals surface area contributed by atoms with Crippen LogP contribution in [0.1, 0.15) is 33.1 Å². The minimum Gasteiger partial charge on any atom is -0.497 e. The first-order valence-corrected chi connectivity index (χ1v) is 11.3. The Morgan fingerprint density at radius 2 is 1.62 bits per heavy atom. The van der Waals surface area contributed by atoms with Crippen molar-refractivity contribution in [2.45, 2.75) is 50.1 Å². The summed E-state index contributed by atoms with van der Waals surface area (Å²) >= 11 is 0. The summed E-state index contributed by atoms with van der Waals surface area (Å²) in [5.41, 5.74) is 0.431. The van der Waals surface area contributed by atoms with Gasteiger partial charge in [-0.15, -0.1) is 0 Å². The van der Waals surface area contributed by atoms with E-state index in [4.69, 9.17) is 4.74 Å². The van der Waals surface area contributed by atoms with Crippen LogP contribution in [-0.2, 0) is 14.8 Å². The van der Waals surface area contributed by atoms with E-state index >= 15 is 0 Å². The van der Waals surface area contributed by atoms with Gasteiger partial charge in [0.2, 0.25) is 5.91 Å². The van der Waals surface area contributed by atoms with Crippen molar-refractivity contribution < 1.29 is 17.9 Å². The molecule has 0 radical (unpaired) electrons. The van der Waals surface area contributed by atoms with Crippen LogP contribution in [0.2, 0.25) is 0 Å². The normalized spacial score (nSPS) is 19.6. The molecule has 1 saturated heterocycles. The molecule has 1 aliphatic rings. The second kappa shape index (κ2) is 8.86. The number of hydrogen-bond acceptors (Lipinski definition) is 4. The highest BCUT2D eigenvalue weighted by Gasteiger charge is 2.33. The van der Waals surface area contributed by atoms with E-state index in [2.05, 4.69) is 0 Å². The van der Waals surface area contributed by atoms with Crippen molar-refractivity contribution in [2.75, 3.05) is 18.0 Å². The van der Waals surface area contributed by atoms with Gasteiger partial charge in [0, 0.05) is 12.1 Å². The lowest BCUT2D eigenvalue weighted by molar-refractivity contribution is -0.135. The third-order valence-electron chi connectivity index (χ3n) is 5.45. The Morgan fingerprint density at radius 1 is 1.03 bits per heavy atom. The SMILES string of the molecule is COc1ccc(N(CC(=O)N2C(C)CCCC2C)S(=O)(=O)c2ccccc2)cc1. The van der Waals surface area contributed by atoms with Gasteiger partial charge in [0.15, 0.2) is 0 Å². The molecule has 0 aliphatic carbocycles. The molecule has 1 fully saturated rings. The van der Waals surface area contributed by atoms with Gasteiger partial charge in [0.1, 0.15) is 12.3 Å². The first-order chi connectivity index (χ1) is 13.8. The van der Waals surface area contributed by atoms with Crippen LogP contribution >= 0.6 is 0 Å². The van der Waals surface area contributed by atoms with Crippen LogP contribution in [0, 0.1) is 0 Å². The van der Waals surface area contributed by atoms with E-state index < -0.39 is 10.0 Å². The number of piperidine rings is 1. The third kappa shape index (κ3) is 4.56. The molecule has 7 heteroatoms. The average molecular weight is 417 g/mol. The summed E-state index contributed by atoms with van der Waals surface area (Å²) in [5, 5.41) is 0. The average Bonchev–Trinajstić information content (AvgIpc) is 2.72. The topological polar surface area (TPSA) is 66.9 Å². The number of ether oxygens (including phenoxy) is 1. The molecule has 0 saturated carbocycles. The fraction of sp³-hybridized carbons (Fsp3) is 0.409. The highest BCUT2D eigenvalue weighted by molar-refractivity contribution is 7.92. The van der Waals surface area contributed by atoms with Crippen LogP contribution < -0.4 is 9.04 Å². The lowest BCUT2D eigenvalue weighted by atomic mass is 9.97. The van der Waals surface area contributed by atoms with Crippen molar-refractivity contribution in [3.05, 3.63) is 54.6 Å². The summed E-state index contributed by atoms with van der Waals surface area (Å²) in [6.45, 7) is 3.81. The lowest BCUT2D eigenvalue weighted by Gasteiger charge is -2.40. The Hall–Kier alpha value is -2.54. The maximum Gasteiger partial charge on any atom is 0.264 e. The zero-order valence-corrected chi connectivity index (χ0v) is 17.9. The monoisotopic (exact) mass is 416 g/mol. The molecular weight excluding hydrogens is 388 g/mol. The second-order valence-corrected chi connectivity index (χ2v) is 9.32. The molecule has 1 heterocycles. The molecule has 0 aromatic heterocycles. The molecule has 156 valence electrons. The fourth-order valence-electron chi connectivity index (χ4n) is 3.90. The Kier molecular flexibility index (Phi) is 6.47. The standard InChI is InChI=1S/C22H28N2O4S/c1-17-8-7-9-18(2)24(17)22(25)16-23(19-12-14-20(28-3)15-13-19)29(26,27)21-10-5-4-6-11-21/h4-6,10-15,17-18H,7-9,16H2,1-3H3. The van der Waals surface area contributed by atoms with E-state index in [1.807, 2.05) is 18.7 Å². The first-order valence-electron chi connectivity index (χ1n) is 9.87. The largest absolute Gasteiger partial charge is 0.497 e. The number of methoxy groups -OCH3 is 1. The molecule has 6 nitrogen and oxygen atoms in total.